The topological polar surface area (TPSA) is 87.7 Å². The number of carbonyl (C=O) groups is 1. The number of aliphatic imine (C=N–C) groups is 1. The van der Waals surface area contributed by atoms with Crippen LogP contribution < -0.4 is 11.1 Å². The third kappa shape index (κ3) is 4.70. The van der Waals surface area contributed by atoms with Crippen molar-refractivity contribution in [2.24, 2.45) is 10.7 Å². The molecule has 106 valence electrons. The van der Waals surface area contributed by atoms with E-state index in [0.717, 1.165) is 30.1 Å². The summed E-state index contributed by atoms with van der Waals surface area (Å²) in [6.45, 7) is 1.68. The van der Waals surface area contributed by atoms with Crippen LogP contribution in [-0.4, -0.2) is 36.0 Å². The maximum absolute atomic E-state index is 10.6. The summed E-state index contributed by atoms with van der Waals surface area (Å²) in [7, 11) is 0. The first-order chi connectivity index (χ1) is 8.16. The Labute approximate surface area is 124 Å². The predicted octanol–water partition coefficient (Wildman–Crippen LogP) is 0.834. The van der Waals surface area contributed by atoms with Gasteiger partial charge in [0, 0.05) is 12.1 Å². The molecule has 0 amide bonds. The number of benzene rings is 1. The van der Waals surface area contributed by atoms with Crippen LogP contribution in [-0.2, 0) is 11.2 Å². The Bertz CT molecular complexity index is 449. The zero-order valence-corrected chi connectivity index (χ0v) is 11.8. The fourth-order valence-electron chi connectivity index (χ4n) is 1.73. The van der Waals surface area contributed by atoms with Crippen molar-refractivity contribution < 1.29 is 9.90 Å². The number of amidine groups is 1. The van der Waals surface area contributed by atoms with Crippen LogP contribution >= 0.6 is 24.8 Å². The number of nitrogens with one attached hydrogen (secondary N) is 1. The van der Waals surface area contributed by atoms with Crippen molar-refractivity contribution in [2.75, 3.05) is 13.1 Å². The fourth-order valence-corrected chi connectivity index (χ4v) is 1.73. The molecule has 0 radical (unpaired) electrons. The maximum Gasteiger partial charge on any atom is 0.320 e. The zero-order chi connectivity index (χ0) is 12.3. The van der Waals surface area contributed by atoms with E-state index in [2.05, 4.69) is 10.3 Å². The molecule has 0 aliphatic carbocycles. The first kappa shape index (κ1) is 17.7. The van der Waals surface area contributed by atoms with Gasteiger partial charge in [-0.25, -0.2) is 0 Å². The molecular weight excluding hydrogens is 289 g/mol. The van der Waals surface area contributed by atoms with E-state index in [0.29, 0.717) is 6.42 Å². The van der Waals surface area contributed by atoms with E-state index < -0.39 is 12.0 Å². The predicted molar refractivity (Wildman–Crippen MR) is 79.7 cm³/mol. The number of nitrogens with two attached hydrogens (primary N) is 1. The smallest absolute Gasteiger partial charge is 0.320 e. The summed E-state index contributed by atoms with van der Waals surface area (Å²) in [4.78, 5) is 14.9. The largest absolute Gasteiger partial charge is 0.480 e. The number of halogens is 2. The van der Waals surface area contributed by atoms with E-state index in [1.165, 1.54) is 0 Å². The van der Waals surface area contributed by atoms with Crippen molar-refractivity contribution in [3.63, 3.8) is 0 Å². The minimum Gasteiger partial charge on any atom is -0.480 e. The Morgan fingerprint density at radius 1 is 1.37 bits per heavy atom. The maximum atomic E-state index is 10.6. The molecule has 1 aliphatic heterocycles. The standard InChI is InChI=1S/C12H15N3O2.2ClH/c13-10(12(16)17)7-8-1-3-9(4-2-8)11-14-5-6-15-11;;/h1-4,10H,5-7,13H2,(H,14,15)(H,16,17);2*1H. The van der Waals surface area contributed by atoms with E-state index in [-0.39, 0.29) is 24.8 Å². The van der Waals surface area contributed by atoms with Crippen LogP contribution in [0.3, 0.4) is 0 Å². The summed E-state index contributed by atoms with van der Waals surface area (Å²) >= 11 is 0. The summed E-state index contributed by atoms with van der Waals surface area (Å²) in [5.41, 5.74) is 7.42. The minimum atomic E-state index is -0.976. The summed E-state index contributed by atoms with van der Waals surface area (Å²) < 4.78 is 0. The molecule has 4 N–H and O–H groups in total. The molecule has 19 heavy (non-hydrogen) atoms. The van der Waals surface area contributed by atoms with Crippen LogP contribution in [0.2, 0.25) is 0 Å². The molecular formula is C12H17Cl2N3O2. The number of nitrogens with zero attached hydrogens (tertiary/aromatic N) is 1. The van der Waals surface area contributed by atoms with Gasteiger partial charge in [-0.2, -0.15) is 0 Å². The average molecular weight is 306 g/mol. The first-order valence-corrected chi connectivity index (χ1v) is 5.53. The number of carboxylic acids is 1. The van der Waals surface area contributed by atoms with Crippen molar-refractivity contribution in [3.8, 4) is 0 Å². The van der Waals surface area contributed by atoms with Gasteiger partial charge in [0.2, 0.25) is 0 Å². The quantitative estimate of drug-likeness (QED) is 0.769. The number of aliphatic carboxylic acids is 1. The lowest BCUT2D eigenvalue weighted by Crippen LogP contribution is -2.32. The molecule has 0 fully saturated rings. The Morgan fingerprint density at radius 3 is 2.47 bits per heavy atom. The van der Waals surface area contributed by atoms with E-state index in [1.54, 1.807) is 0 Å². The SMILES string of the molecule is Cl.Cl.NC(Cc1ccc(C2=NCCN2)cc1)C(=O)O. The van der Waals surface area contributed by atoms with Gasteiger partial charge in [-0.15, -0.1) is 24.8 Å². The fraction of sp³-hybridized carbons (Fsp3) is 0.333. The van der Waals surface area contributed by atoms with Gasteiger partial charge in [-0.3, -0.25) is 9.79 Å². The van der Waals surface area contributed by atoms with Gasteiger partial charge in [0.15, 0.2) is 0 Å². The molecule has 0 saturated carbocycles. The molecule has 0 saturated heterocycles. The van der Waals surface area contributed by atoms with E-state index in [4.69, 9.17) is 10.8 Å². The molecule has 0 spiro atoms. The third-order valence-corrected chi connectivity index (χ3v) is 2.67. The normalized spacial score (nSPS) is 14.5. The lowest BCUT2D eigenvalue weighted by atomic mass is 10.0. The second kappa shape index (κ2) is 7.99. The minimum absolute atomic E-state index is 0. The van der Waals surface area contributed by atoms with Crippen LogP contribution in [0.4, 0.5) is 0 Å². The van der Waals surface area contributed by atoms with Gasteiger partial charge in [0.05, 0.1) is 6.54 Å². The van der Waals surface area contributed by atoms with Crippen LogP contribution in [0.1, 0.15) is 11.1 Å². The van der Waals surface area contributed by atoms with Crippen molar-refractivity contribution in [1.29, 1.82) is 0 Å². The lowest BCUT2D eigenvalue weighted by Gasteiger charge is -2.07. The van der Waals surface area contributed by atoms with Crippen LogP contribution in [0.5, 0.6) is 0 Å². The van der Waals surface area contributed by atoms with Gasteiger partial charge < -0.3 is 16.2 Å². The van der Waals surface area contributed by atoms with Crippen LogP contribution in [0.15, 0.2) is 29.3 Å². The van der Waals surface area contributed by atoms with Gasteiger partial charge in [-0.1, -0.05) is 24.3 Å². The number of hydrogen-bond donors (Lipinski definition) is 3. The lowest BCUT2D eigenvalue weighted by molar-refractivity contribution is -0.138. The summed E-state index contributed by atoms with van der Waals surface area (Å²) in [6, 6.07) is 6.80. The summed E-state index contributed by atoms with van der Waals surface area (Å²) in [5.74, 6) is -0.0741. The Balaban J connectivity index is 0.00000162. The second-order valence-electron chi connectivity index (χ2n) is 4.00. The van der Waals surface area contributed by atoms with E-state index in [9.17, 15) is 4.79 Å². The highest BCUT2D eigenvalue weighted by Gasteiger charge is 2.12. The highest BCUT2D eigenvalue weighted by molar-refractivity contribution is 5.99. The zero-order valence-electron chi connectivity index (χ0n) is 10.2. The molecule has 2 rings (SSSR count). The molecule has 1 aromatic carbocycles. The molecule has 0 aromatic heterocycles. The monoisotopic (exact) mass is 305 g/mol. The van der Waals surface area contributed by atoms with Gasteiger partial charge in [0.25, 0.3) is 0 Å². The van der Waals surface area contributed by atoms with Crippen LogP contribution in [0, 0.1) is 0 Å². The second-order valence-corrected chi connectivity index (χ2v) is 4.00. The van der Waals surface area contributed by atoms with Crippen molar-refractivity contribution in [1.82, 2.24) is 5.32 Å². The van der Waals surface area contributed by atoms with Crippen LogP contribution in [0.25, 0.3) is 0 Å². The van der Waals surface area contributed by atoms with E-state index >= 15 is 0 Å². The van der Waals surface area contributed by atoms with Gasteiger partial charge in [-0.05, 0) is 12.0 Å². The highest BCUT2D eigenvalue weighted by Crippen LogP contribution is 2.08. The Kier molecular flexibility index (Phi) is 7.44. The average Bonchev–Trinajstić information content (AvgIpc) is 2.83. The number of carboxylic acid groups (broad SMARTS) is 1. The molecule has 7 heteroatoms. The Morgan fingerprint density at radius 2 is 2.00 bits per heavy atom. The van der Waals surface area contributed by atoms with Crippen molar-refractivity contribution in [3.05, 3.63) is 35.4 Å². The Hall–Kier alpha value is -1.30. The summed E-state index contributed by atoms with van der Waals surface area (Å²) in [5, 5.41) is 11.9. The third-order valence-electron chi connectivity index (χ3n) is 2.67. The number of hydrogen-bond acceptors (Lipinski definition) is 4. The summed E-state index contributed by atoms with van der Waals surface area (Å²) in [6.07, 6.45) is 0.343. The molecule has 0 bridgehead atoms. The molecule has 5 nitrogen and oxygen atoms in total. The van der Waals surface area contributed by atoms with Gasteiger partial charge in [0.1, 0.15) is 11.9 Å². The van der Waals surface area contributed by atoms with Gasteiger partial charge >= 0.3 is 5.97 Å². The molecule has 1 aromatic rings. The van der Waals surface area contributed by atoms with E-state index in [1.807, 2.05) is 24.3 Å². The first-order valence-electron chi connectivity index (χ1n) is 5.53. The van der Waals surface area contributed by atoms with Crippen molar-refractivity contribution in [2.45, 2.75) is 12.5 Å². The molecule has 1 aliphatic rings. The highest BCUT2D eigenvalue weighted by atomic mass is 35.5. The number of rotatable bonds is 4. The van der Waals surface area contributed by atoms with Crippen molar-refractivity contribution >= 4 is 36.6 Å². The molecule has 1 heterocycles. The molecule has 1 unspecified atom stereocenters. The molecule has 1 atom stereocenters.